The zero-order valence-corrected chi connectivity index (χ0v) is 16.8. The molecule has 2 atom stereocenters. The van der Waals surface area contributed by atoms with Crippen molar-refractivity contribution in [2.75, 3.05) is 25.0 Å². The molecular formula is C21H35N5. The van der Waals surface area contributed by atoms with Crippen LogP contribution in [0.4, 0.5) is 5.95 Å². The average Bonchev–Trinajstić information content (AvgIpc) is 2.92. The second-order valence-corrected chi connectivity index (χ2v) is 8.94. The molecular weight excluding hydrogens is 322 g/mol. The van der Waals surface area contributed by atoms with E-state index in [0.717, 1.165) is 31.6 Å². The number of rotatable bonds is 5. The lowest BCUT2D eigenvalue weighted by molar-refractivity contribution is 0.176. The summed E-state index contributed by atoms with van der Waals surface area (Å²) in [6, 6.07) is 2.56. The predicted octanol–water partition coefficient (Wildman–Crippen LogP) is 3.30. The van der Waals surface area contributed by atoms with Crippen molar-refractivity contribution in [3.8, 4) is 0 Å². The molecule has 1 aromatic heterocycles. The Kier molecular flexibility index (Phi) is 5.46. The smallest absolute Gasteiger partial charge is 0.225 e. The highest BCUT2D eigenvalue weighted by atomic mass is 15.4. The molecule has 0 amide bonds. The van der Waals surface area contributed by atoms with Crippen LogP contribution in [0.3, 0.4) is 0 Å². The summed E-state index contributed by atoms with van der Waals surface area (Å²) in [6.07, 6.45) is 13.6. The number of aromatic nitrogens is 2. The molecule has 2 bridgehead atoms. The van der Waals surface area contributed by atoms with Crippen LogP contribution in [-0.2, 0) is 6.54 Å². The first-order chi connectivity index (χ1) is 12.6. The van der Waals surface area contributed by atoms with Crippen LogP contribution in [-0.4, -0.2) is 64.1 Å². The van der Waals surface area contributed by atoms with Crippen LogP contribution >= 0.6 is 0 Å². The lowest BCUT2D eigenvalue weighted by Crippen LogP contribution is -2.56. The van der Waals surface area contributed by atoms with Crippen molar-refractivity contribution in [3.63, 3.8) is 0 Å². The fraction of sp³-hybridized carbons (Fsp3) is 0.810. The maximum absolute atomic E-state index is 4.78. The third-order valence-electron chi connectivity index (χ3n) is 6.79. The van der Waals surface area contributed by atoms with Gasteiger partial charge >= 0.3 is 0 Å². The Balaban J connectivity index is 1.39. The number of likely N-dealkylation sites (tertiary alicyclic amines) is 1. The molecule has 2 saturated heterocycles. The molecule has 2 unspecified atom stereocenters. The van der Waals surface area contributed by atoms with Crippen LogP contribution in [0, 0.1) is 0 Å². The monoisotopic (exact) mass is 357 g/mol. The second kappa shape index (κ2) is 7.81. The standard InChI is InChI=1S/C21H35N5/c1-16(2)25-14-19-9-10-20(15-25)26(19)21-22-11-17(12-23-21)13-24(3)18-7-5-4-6-8-18/h11-12,16,18-20H,4-10,13-15H2,1-3H3. The summed E-state index contributed by atoms with van der Waals surface area (Å²) in [6.45, 7) is 7.90. The Labute approximate surface area is 158 Å². The van der Waals surface area contributed by atoms with Gasteiger partial charge in [-0.1, -0.05) is 19.3 Å². The van der Waals surface area contributed by atoms with E-state index in [0.29, 0.717) is 18.1 Å². The molecule has 0 aromatic carbocycles. The largest absolute Gasteiger partial charge is 0.332 e. The number of hydrogen-bond donors (Lipinski definition) is 0. The van der Waals surface area contributed by atoms with Gasteiger partial charge in [-0.05, 0) is 46.6 Å². The quantitative estimate of drug-likeness (QED) is 0.808. The molecule has 144 valence electrons. The number of anilines is 1. The van der Waals surface area contributed by atoms with Gasteiger partial charge in [0.2, 0.25) is 5.95 Å². The number of piperazine rings is 1. The van der Waals surface area contributed by atoms with Crippen LogP contribution in [0.2, 0.25) is 0 Å². The van der Waals surface area contributed by atoms with Crippen molar-refractivity contribution in [1.29, 1.82) is 0 Å². The van der Waals surface area contributed by atoms with E-state index in [-0.39, 0.29) is 0 Å². The topological polar surface area (TPSA) is 35.5 Å². The molecule has 2 aliphatic heterocycles. The van der Waals surface area contributed by atoms with E-state index in [1.165, 1.54) is 50.5 Å². The Bertz CT molecular complexity index is 567. The molecule has 3 fully saturated rings. The molecule has 1 aromatic rings. The second-order valence-electron chi connectivity index (χ2n) is 8.94. The highest BCUT2D eigenvalue weighted by Gasteiger charge is 2.41. The fourth-order valence-electron chi connectivity index (χ4n) is 5.19. The van der Waals surface area contributed by atoms with Gasteiger partial charge in [-0.15, -0.1) is 0 Å². The Morgan fingerprint density at radius 3 is 2.19 bits per heavy atom. The van der Waals surface area contributed by atoms with Gasteiger partial charge in [0.15, 0.2) is 0 Å². The van der Waals surface area contributed by atoms with Gasteiger partial charge in [0.1, 0.15) is 0 Å². The van der Waals surface area contributed by atoms with E-state index < -0.39 is 0 Å². The summed E-state index contributed by atoms with van der Waals surface area (Å²) in [4.78, 5) is 17.2. The van der Waals surface area contributed by atoms with Gasteiger partial charge in [0, 0.05) is 61.8 Å². The van der Waals surface area contributed by atoms with Gasteiger partial charge in [-0.3, -0.25) is 9.80 Å². The summed E-state index contributed by atoms with van der Waals surface area (Å²) in [5.41, 5.74) is 1.25. The van der Waals surface area contributed by atoms with E-state index in [1.54, 1.807) is 0 Å². The highest BCUT2D eigenvalue weighted by Crippen LogP contribution is 2.33. The molecule has 3 aliphatic rings. The van der Waals surface area contributed by atoms with Crippen molar-refractivity contribution >= 4 is 5.95 Å². The molecule has 0 radical (unpaired) electrons. The average molecular weight is 358 g/mol. The van der Waals surface area contributed by atoms with E-state index in [1.807, 2.05) is 0 Å². The fourth-order valence-corrected chi connectivity index (χ4v) is 5.19. The summed E-state index contributed by atoms with van der Waals surface area (Å²) in [7, 11) is 2.26. The lowest BCUT2D eigenvalue weighted by atomic mass is 9.94. The first kappa shape index (κ1) is 18.2. The Hall–Kier alpha value is -1.20. The summed E-state index contributed by atoms with van der Waals surface area (Å²) in [5.74, 6) is 0.949. The zero-order valence-electron chi connectivity index (χ0n) is 16.8. The first-order valence-corrected chi connectivity index (χ1v) is 10.7. The zero-order chi connectivity index (χ0) is 18.1. The molecule has 1 aliphatic carbocycles. The molecule has 26 heavy (non-hydrogen) atoms. The normalized spacial score (nSPS) is 27.7. The predicted molar refractivity (Wildman–Crippen MR) is 106 cm³/mol. The number of fused-ring (bicyclic) bond motifs is 2. The Morgan fingerprint density at radius 2 is 1.62 bits per heavy atom. The van der Waals surface area contributed by atoms with Gasteiger partial charge in [0.25, 0.3) is 0 Å². The minimum Gasteiger partial charge on any atom is -0.332 e. The maximum atomic E-state index is 4.78. The van der Waals surface area contributed by atoms with E-state index >= 15 is 0 Å². The van der Waals surface area contributed by atoms with E-state index in [2.05, 4.69) is 48.0 Å². The molecule has 4 rings (SSSR count). The van der Waals surface area contributed by atoms with Crippen molar-refractivity contribution < 1.29 is 0 Å². The number of nitrogens with zero attached hydrogens (tertiary/aromatic N) is 5. The van der Waals surface area contributed by atoms with Gasteiger partial charge < -0.3 is 4.90 Å². The van der Waals surface area contributed by atoms with Crippen molar-refractivity contribution in [2.24, 2.45) is 0 Å². The van der Waals surface area contributed by atoms with Gasteiger partial charge in [-0.25, -0.2) is 9.97 Å². The number of hydrogen-bond acceptors (Lipinski definition) is 5. The summed E-state index contributed by atoms with van der Waals surface area (Å²) < 4.78 is 0. The Morgan fingerprint density at radius 1 is 1.00 bits per heavy atom. The third kappa shape index (κ3) is 3.74. The van der Waals surface area contributed by atoms with E-state index in [9.17, 15) is 0 Å². The van der Waals surface area contributed by atoms with Crippen LogP contribution < -0.4 is 4.90 Å². The van der Waals surface area contributed by atoms with Crippen molar-refractivity contribution in [2.45, 2.75) is 89.5 Å². The maximum Gasteiger partial charge on any atom is 0.225 e. The highest BCUT2D eigenvalue weighted by molar-refractivity contribution is 5.37. The minimum absolute atomic E-state index is 0.590. The molecule has 0 spiro atoms. The molecule has 3 heterocycles. The van der Waals surface area contributed by atoms with Crippen molar-refractivity contribution in [3.05, 3.63) is 18.0 Å². The van der Waals surface area contributed by atoms with Crippen LogP contribution in [0.5, 0.6) is 0 Å². The lowest BCUT2D eigenvalue weighted by Gasteiger charge is -2.42. The minimum atomic E-state index is 0.590. The SMILES string of the molecule is CC(C)N1CC2CCC(C1)N2c1ncc(CN(C)C2CCCCC2)cn1. The molecule has 5 nitrogen and oxygen atoms in total. The third-order valence-corrected chi connectivity index (χ3v) is 6.79. The van der Waals surface area contributed by atoms with Crippen LogP contribution in [0.25, 0.3) is 0 Å². The molecule has 1 saturated carbocycles. The van der Waals surface area contributed by atoms with Crippen molar-refractivity contribution in [1.82, 2.24) is 19.8 Å². The summed E-state index contributed by atoms with van der Waals surface area (Å²) >= 11 is 0. The molecule has 0 N–H and O–H groups in total. The van der Waals surface area contributed by atoms with Crippen LogP contribution in [0.15, 0.2) is 12.4 Å². The van der Waals surface area contributed by atoms with Gasteiger partial charge in [-0.2, -0.15) is 0 Å². The molecule has 5 heteroatoms. The first-order valence-electron chi connectivity index (χ1n) is 10.7. The van der Waals surface area contributed by atoms with E-state index in [4.69, 9.17) is 9.97 Å². The van der Waals surface area contributed by atoms with Gasteiger partial charge in [0.05, 0.1) is 0 Å². The van der Waals surface area contributed by atoms with Crippen LogP contribution in [0.1, 0.15) is 64.4 Å². The summed E-state index contributed by atoms with van der Waals surface area (Å²) in [5, 5.41) is 0.